The zero-order valence-electron chi connectivity index (χ0n) is 19.7. The number of sulfonamides is 1. The number of amides is 1. The van der Waals surface area contributed by atoms with Gasteiger partial charge in [-0.25, -0.2) is 8.42 Å². The molecule has 0 bridgehead atoms. The van der Waals surface area contributed by atoms with Crippen molar-refractivity contribution < 1.29 is 22.7 Å². The van der Waals surface area contributed by atoms with Crippen molar-refractivity contribution in [3.05, 3.63) is 71.8 Å². The molecular formula is C26H26ClN3O5S. The molecule has 10 heteroatoms. The second kappa shape index (κ2) is 10.1. The molecule has 0 saturated carbocycles. The minimum atomic E-state index is -3.73. The highest BCUT2D eigenvalue weighted by Gasteiger charge is 2.36. The van der Waals surface area contributed by atoms with Gasteiger partial charge in [0.15, 0.2) is 0 Å². The van der Waals surface area contributed by atoms with Crippen LogP contribution in [0, 0.1) is 0 Å². The Morgan fingerprint density at radius 2 is 1.83 bits per heavy atom. The first kappa shape index (κ1) is 24.6. The van der Waals surface area contributed by atoms with Crippen molar-refractivity contribution in [3.8, 4) is 22.6 Å². The van der Waals surface area contributed by atoms with Crippen molar-refractivity contribution >= 4 is 33.2 Å². The van der Waals surface area contributed by atoms with E-state index in [9.17, 15) is 13.2 Å². The fourth-order valence-electron chi connectivity index (χ4n) is 4.52. The molecule has 0 unspecified atom stereocenters. The fourth-order valence-corrected chi connectivity index (χ4v) is 6.29. The number of hydrogen-bond donors (Lipinski definition) is 1. The number of halogens is 1. The van der Waals surface area contributed by atoms with E-state index in [1.165, 1.54) is 16.4 Å². The van der Waals surface area contributed by atoms with Gasteiger partial charge in [0.05, 0.1) is 30.3 Å². The highest BCUT2D eigenvalue weighted by Crippen LogP contribution is 2.33. The van der Waals surface area contributed by atoms with Gasteiger partial charge in [0.25, 0.3) is 0 Å². The van der Waals surface area contributed by atoms with E-state index in [1.54, 1.807) is 19.2 Å². The lowest BCUT2D eigenvalue weighted by atomic mass is 10.0. The third-order valence-electron chi connectivity index (χ3n) is 6.44. The van der Waals surface area contributed by atoms with Gasteiger partial charge >= 0.3 is 0 Å². The Morgan fingerprint density at radius 1 is 1.03 bits per heavy atom. The summed E-state index contributed by atoms with van der Waals surface area (Å²) in [6, 6.07) is 19.3. The van der Waals surface area contributed by atoms with Crippen LogP contribution in [0.2, 0.25) is 5.02 Å². The lowest BCUT2D eigenvalue weighted by molar-refractivity contribution is -0.118. The van der Waals surface area contributed by atoms with Gasteiger partial charge in [-0.15, -0.1) is 0 Å². The van der Waals surface area contributed by atoms with Crippen molar-refractivity contribution in [2.24, 2.45) is 0 Å². The number of anilines is 1. The molecule has 3 aromatic carbocycles. The fraction of sp³-hybridized carbons (Fsp3) is 0.269. The van der Waals surface area contributed by atoms with E-state index in [4.69, 9.17) is 21.1 Å². The summed E-state index contributed by atoms with van der Waals surface area (Å²) in [6.07, 6.45) is 0. The molecule has 0 spiro atoms. The second-order valence-electron chi connectivity index (χ2n) is 8.75. The van der Waals surface area contributed by atoms with Gasteiger partial charge in [0.1, 0.15) is 18.1 Å². The van der Waals surface area contributed by atoms with Crippen LogP contribution in [-0.4, -0.2) is 69.5 Å². The zero-order chi connectivity index (χ0) is 25.3. The number of piperazine rings is 1. The average molecular weight is 528 g/mol. The Labute approximate surface area is 215 Å². The van der Waals surface area contributed by atoms with Gasteiger partial charge in [-0.05, 0) is 53.6 Å². The van der Waals surface area contributed by atoms with E-state index < -0.39 is 10.0 Å². The molecule has 1 N–H and O–H groups in total. The van der Waals surface area contributed by atoms with Crippen LogP contribution in [0.5, 0.6) is 11.5 Å². The summed E-state index contributed by atoms with van der Waals surface area (Å²) in [6.45, 7) is 1.27. The highest BCUT2D eigenvalue weighted by atomic mass is 35.5. The van der Waals surface area contributed by atoms with Gasteiger partial charge in [0, 0.05) is 24.7 Å². The highest BCUT2D eigenvalue weighted by molar-refractivity contribution is 7.89. The molecule has 3 aromatic rings. The third-order valence-corrected chi connectivity index (χ3v) is 8.53. The molecule has 8 nitrogen and oxygen atoms in total. The first-order chi connectivity index (χ1) is 17.3. The molecule has 0 aliphatic carbocycles. The van der Waals surface area contributed by atoms with Crippen LogP contribution in [0.3, 0.4) is 0 Å². The van der Waals surface area contributed by atoms with Crippen molar-refractivity contribution in [1.82, 2.24) is 9.21 Å². The Balaban J connectivity index is 1.38. The monoisotopic (exact) mass is 527 g/mol. The largest absolute Gasteiger partial charge is 0.497 e. The number of rotatable bonds is 4. The molecule has 36 heavy (non-hydrogen) atoms. The van der Waals surface area contributed by atoms with Gasteiger partial charge in [-0.2, -0.15) is 4.31 Å². The van der Waals surface area contributed by atoms with Crippen LogP contribution < -0.4 is 14.8 Å². The maximum Gasteiger partial charge on any atom is 0.243 e. The lowest BCUT2D eigenvalue weighted by Gasteiger charge is -2.39. The number of carbonyl (C=O) groups excluding carboxylic acids is 1. The minimum absolute atomic E-state index is 0.141. The van der Waals surface area contributed by atoms with Crippen LogP contribution in [0.1, 0.15) is 0 Å². The Bertz CT molecular complexity index is 1400. The van der Waals surface area contributed by atoms with Crippen LogP contribution >= 0.6 is 11.6 Å². The Hall–Kier alpha value is -3.11. The van der Waals surface area contributed by atoms with Gasteiger partial charge < -0.3 is 14.8 Å². The minimum Gasteiger partial charge on any atom is -0.497 e. The van der Waals surface area contributed by atoms with Crippen molar-refractivity contribution in [2.45, 2.75) is 10.9 Å². The van der Waals surface area contributed by atoms with Crippen LogP contribution in [-0.2, 0) is 14.8 Å². The van der Waals surface area contributed by atoms with Crippen molar-refractivity contribution in [2.75, 3.05) is 45.2 Å². The van der Waals surface area contributed by atoms with Gasteiger partial charge in [0.2, 0.25) is 15.9 Å². The lowest BCUT2D eigenvalue weighted by Crippen LogP contribution is -2.57. The molecule has 1 fully saturated rings. The molecule has 5 rings (SSSR count). The summed E-state index contributed by atoms with van der Waals surface area (Å²) in [7, 11) is -2.11. The SMILES string of the molecule is COc1cccc(-c2ccc3c(c2)NC(=O)CN2CCN(S(=O)(=O)c4cccc(Cl)c4)C[C@@H]2CO3)c1. The normalized spacial score (nSPS) is 19.1. The number of ether oxygens (including phenoxy) is 2. The summed E-state index contributed by atoms with van der Waals surface area (Å²) < 4.78 is 39.4. The molecule has 2 aliphatic heterocycles. The van der Waals surface area contributed by atoms with E-state index in [0.29, 0.717) is 23.0 Å². The number of methoxy groups -OCH3 is 1. The van der Waals surface area contributed by atoms with Crippen molar-refractivity contribution in [3.63, 3.8) is 0 Å². The first-order valence-corrected chi connectivity index (χ1v) is 13.4. The van der Waals surface area contributed by atoms with E-state index >= 15 is 0 Å². The molecule has 0 aromatic heterocycles. The first-order valence-electron chi connectivity index (χ1n) is 11.5. The predicted octanol–water partition coefficient (Wildman–Crippen LogP) is 3.72. The summed E-state index contributed by atoms with van der Waals surface area (Å²) in [4.78, 5) is 15.0. The Morgan fingerprint density at radius 3 is 2.64 bits per heavy atom. The standard InChI is InChI=1S/C26H26ClN3O5S/c1-34-22-6-2-4-18(12-22)19-8-9-25-24(13-19)28-26(31)16-29-10-11-30(15-21(29)17-35-25)36(32,33)23-7-3-5-20(27)14-23/h2-9,12-14,21H,10-11,15-17H2,1H3,(H,28,31)/t21-/m1/s1. The van der Waals surface area contributed by atoms with E-state index in [-0.39, 0.29) is 43.1 Å². The number of hydrogen-bond acceptors (Lipinski definition) is 6. The molecule has 2 heterocycles. The van der Waals surface area contributed by atoms with E-state index in [1.807, 2.05) is 47.4 Å². The van der Waals surface area contributed by atoms with E-state index in [0.717, 1.165) is 16.9 Å². The third kappa shape index (κ3) is 5.05. The number of carbonyl (C=O) groups is 1. The van der Waals surface area contributed by atoms with Crippen molar-refractivity contribution in [1.29, 1.82) is 0 Å². The molecule has 1 saturated heterocycles. The maximum absolute atomic E-state index is 13.2. The van der Waals surface area contributed by atoms with E-state index in [2.05, 4.69) is 5.32 Å². The molecule has 1 atom stereocenters. The maximum atomic E-state index is 13.2. The van der Waals surface area contributed by atoms with Gasteiger partial charge in [-0.1, -0.05) is 35.9 Å². The molecule has 0 radical (unpaired) electrons. The molecule has 2 aliphatic rings. The smallest absolute Gasteiger partial charge is 0.243 e. The Kier molecular flexibility index (Phi) is 6.90. The van der Waals surface area contributed by atoms with Crippen LogP contribution in [0.15, 0.2) is 71.6 Å². The number of nitrogens with one attached hydrogen (secondary N) is 1. The quantitative estimate of drug-likeness (QED) is 0.556. The molecule has 1 amide bonds. The topological polar surface area (TPSA) is 88.2 Å². The summed E-state index contributed by atoms with van der Waals surface area (Å²) >= 11 is 6.03. The van der Waals surface area contributed by atoms with Crippen LogP contribution in [0.4, 0.5) is 5.69 Å². The second-order valence-corrected chi connectivity index (χ2v) is 11.1. The summed E-state index contributed by atoms with van der Waals surface area (Å²) in [5, 5.41) is 3.33. The summed E-state index contributed by atoms with van der Waals surface area (Å²) in [5.74, 6) is 1.10. The van der Waals surface area contributed by atoms with Crippen LogP contribution in [0.25, 0.3) is 11.1 Å². The molecule has 188 valence electrons. The average Bonchev–Trinajstić information content (AvgIpc) is 2.94. The number of fused-ring (bicyclic) bond motifs is 2. The summed E-state index contributed by atoms with van der Waals surface area (Å²) in [5.41, 5.74) is 2.43. The molecular weight excluding hydrogens is 502 g/mol. The number of benzene rings is 3. The zero-order valence-corrected chi connectivity index (χ0v) is 21.3. The number of nitrogens with zero attached hydrogens (tertiary/aromatic N) is 2. The van der Waals surface area contributed by atoms with Gasteiger partial charge in [-0.3, -0.25) is 9.69 Å². The predicted molar refractivity (Wildman–Crippen MR) is 138 cm³/mol.